The van der Waals surface area contributed by atoms with Crippen LogP contribution in [0.5, 0.6) is 0 Å². The van der Waals surface area contributed by atoms with Crippen molar-refractivity contribution >= 4 is 32.7 Å². The monoisotopic (exact) mass is 301 g/mol. The molecule has 0 amide bonds. The van der Waals surface area contributed by atoms with Crippen molar-refractivity contribution in [1.82, 2.24) is 15.2 Å². The molecule has 3 aromatic rings. The van der Waals surface area contributed by atoms with Crippen LogP contribution in [0.2, 0.25) is 0 Å². The second kappa shape index (κ2) is 5.00. The second-order valence-electron chi connectivity index (χ2n) is 5.23. The Morgan fingerprint density at radius 2 is 2.19 bits per heavy atom. The average molecular weight is 301 g/mol. The van der Waals surface area contributed by atoms with E-state index in [-0.39, 0.29) is 5.92 Å². The van der Waals surface area contributed by atoms with E-state index in [0.717, 1.165) is 48.1 Å². The van der Waals surface area contributed by atoms with Crippen LogP contribution >= 0.6 is 11.3 Å². The summed E-state index contributed by atoms with van der Waals surface area (Å²) in [6.07, 6.45) is 2.17. The number of rotatable bonds is 2. The molecule has 0 spiro atoms. The quantitative estimate of drug-likeness (QED) is 0.783. The molecule has 1 aromatic carbocycles. The molecule has 1 unspecified atom stereocenters. The van der Waals surface area contributed by atoms with E-state index in [1.54, 1.807) is 0 Å². The van der Waals surface area contributed by atoms with Crippen LogP contribution in [-0.4, -0.2) is 28.3 Å². The summed E-state index contributed by atoms with van der Waals surface area (Å²) in [7, 11) is 0. The number of benzene rings is 1. The Bertz CT molecular complexity index is 734. The van der Waals surface area contributed by atoms with E-state index in [2.05, 4.69) is 20.1 Å². The molecule has 1 aliphatic heterocycles. The van der Waals surface area contributed by atoms with Gasteiger partial charge in [-0.1, -0.05) is 23.5 Å². The molecule has 1 aliphatic rings. The van der Waals surface area contributed by atoms with Crippen molar-refractivity contribution in [3.8, 4) is 0 Å². The van der Waals surface area contributed by atoms with E-state index >= 15 is 0 Å². The number of oxazole rings is 1. The van der Waals surface area contributed by atoms with Crippen molar-refractivity contribution in [3.63, 3.8) is 0 Å². The molecular weight excluding hydrogens is 286 g/mol. The molecule has 1 saturated heterocycles. The smallest absolute Gasteiger partial charge is 0.210 e. The molecular formula is C14H15N5OS. The number of nitrogens with two attached hydrogens (primary N) is 1. The minimum atomic E-state index is 0.288. The van der Waals surface area contributed by atoms with Crippen LogP contribution in [0.3, 0.4) is 0 Å². The zero-order valence-corrected chi connectivity index (χ0v) is 12.2. The Hall–Kier alpha value is -2.15. The number of hydrogen-bond donors (Lipinski definition) is 1. The van der Waals surface area contributed by atoms with Crippen LogP contribution in [0.25, 0.3) is 11.1 Å². The highest BCUT2D eigenvalue weighted by Gasteiger charge is 2.27. The summed E-state index contributed by atoms with van der Waals surface area (Å²) in [6.45, 7) is 1.83. The van der Waals surface area contributed by atoms with Crippen LogP contribution in [0.1, 0.15) is 24.7 Å². The third-order valence-corrected chi connectivity index (χ3v) is 4.59. The number of anilines is 2. The van der Waals surface area contributed by atoms with Gasteiger partial charge < -0.3 is 15.1 Å². The lowest BCUT2D eigenvalue weighted by molar-refractivity contribution is 0.413. The Balaban J connectivity index is 1.60. The molecule has 0 radical (unpaired) electrons. The van der Waals surface area contributed by atoms with Crippen molar-refractivity contribution in [1.29, 1.82) is 0 Å². The standard InChI is InChI=1S/C14H15N5OS/c15-13-17-18-14(21-13)19-7-3-4-9(8-19)12-16-10-5-1-2-6-11(10)20-12/h1-2,5-6,9H,3-4,7-8H2,(H2,15,17). The molecule has 0 aliphatic carbocycles. The predicted octanol–water partition coefficient (Wildman–Crippen LogP) is 2.65. The van der Waals surface area contributed by atoms with Crippen LogP contribution in [0.4, 0.5) is 10.3 Å². The fourth-order valence-electron chi connectivity index (χ4n) is 2.77. The lowest BCUT2D eigenvalue weighted by Gasteiger charge is -2.30. The highest BCUT2D eigenvalue weighted by atomic mass is 32.1. The molecule has 2 N–H and O–H groups in total. The maximum Gasteiger partial charge on any atom is 0.210 e. The lowest BCUT2D eigenvalue weighted by atomic mass is 9.98. The van der Waals surface area contributed by atoms with Gasteiger partial charge in [0, 0.05) is 13.1 Å². The number of fused-ring (bicyclic) bond motifs is 1. The molecule has 6 nitrogen and oxygen atoms in total. The first-order valence-electron chi connectivity index (χ1n) is 6.99. The molecule has 2 aromatic heterocycles. The minimum absolute atomic E-state index is 0.288. The van der Waals surface area contributed by atoms with Gasteiger partial charge in [0.05, 0.1) is 5.92 Å². The van der Waals surface area contributed by atoms with Gasteiger partial charge in [-0.25, -0.2) is 4.98 Å². The maximum absolute atomic E-state index is 5.90. The summed E-state index contributed by atoms with van der Waals surface area (Å²) in [4.78, 5) is 6.84. The maximum atomic E-state index is 5.90. The van der Waals surface area contributed by atoms with Crippen molar-refractivity contribution in [2.45, 2.75) is 18.8 Å². The molecule has 108 valence electrons. The number of nitrogens with zero attached hydrogens (tertiary/aromatic N) is 4. The molecule has 7 heteroatoms. The van der Waals surface area contributed by atoms with Gasteiger partial charge in [-0.05, 0) is 25.0 Å². The predicted molar refractivity (Wildman–Crippen MR) is 82.5 cm³/mol. The highest BCUT2D eigenvalue weighted by molar-refractivity contribution is 7.18. The molecule has 21 heavy (non-hydrogen) atoms. The molecule has 3 heterocycles. The average Bonchev–Trinajstić information content (AvgIpc) is 3.13. The summed E-state index contributed by atoms with van der Waals surface area (Å²) in [5.74, 6) is 1.11. The van der Waals surface area contributed by atoms with E-state index < -0.39 is 0 Å². The van der Waals surface area contributed by atoms with E-state index in [9.17, 15) is 0 Å². The summed E-state index contributed by atoms with van der Waals surface area (Å²) in [5.41, 5.74) is 7.44. The first-order chi connectivity index (χ1) is 10.3. The van der Waals surface area contributed by atoms with Gasteiger partial charge in [0.15, 0.2) is 11.5 Å². The molecule has 0 saturated carbocycles. The fraction of sp³-hybridized carbons (Fsp3) is 0.357. The normalized spacial score (nSPS) is 19.2. The van der Waals surface area contributed by atoms with Crippen molar-refractivity contribution in [2.75, 3.05) is 23.7 Å². The van der Waals surface area contributed by atoms with E-state index in [1.165, 1.54) is 11.3 Å². The molecule has 0 bridgehead atoms. The van der Waals surface area contributed by atoms with E-state index in [1.807, 2.05) is 24.3 Å². The van der Waals surface area contributed by atoms with Crippen LogP contribution < -0.4 is 10.6 Å². The topological polar surface area (TPSA) is 81.1 Å². The summed E-state index contributed by atoms with van der Waals surface area (Å²) in [6, 6.07) is 7.88. The summed E-state index contributed by atoms with van der Waals surface area (Å²) < 4.78 is 5.90. The first-order valence-corrected chi connectivity index (χ1v) is 7.80. The number of piperidine rings is 1. The summed E-state index contributed by atoms with van der Waals surface area (Å²) >= 11 is 1.43. The van der Waals surface area contributed by atoms with Gasteiger partial charge in [0.25, 0.3) is 0 Å². The number of aromatic nitrogens is 3. The van der Waals surface area contributed by atoms with Crippen molar-refractivity contribution in [3.05, 3.63) is 30.2 Å². The van der Waals surface area contributed by atoms with Crippen molar-refractivity contribution in [2.24, 2.45) is 0 Å². The number of hydrogen-bond acceptors (Lipinski definition) is 7. The second-order valence-corrected chi connectivity index (χ2v) is 6.22. The largest absolute Gasteiger partial charge is 0.440 e. The molecule has 1 fully saturated rings. The van der Waals surface area contributed by atoms with Gasteiger partial charge in [-0.2, -0.15) is 0 Å². The zero-order chi connectivity index (χ0) is 14.2. The number of para-hydroxylation sites is 2. The van der Waals surface area contributed by atoms with Crippen LogP contribution in [0, 0.1) is 0 Å². The lowest BCUT2D eigenvalue weighted by Crippen LogP contribution is -2.34. The third kappa shape index (κ3) is 2.33. The van der Waals surface area contributed by atoms with Gasteiger partial charge in [0.1, 0.15) is 5.52 Å². The molecule has 4 rings (SSSR count). The van der Waals surface area contributed by atoms with E-state index in [4.69, 9.17) is 10.2 Å². The summed E-state index contributed by atoms with van der Waals surface area (Å²) in [5, 5.41) is 9.41. The Morgan fingerprint density at radius 1 is 1.29 bits per heavy atom. The minimum Gasteiger partial charge on any atom is -0.440 e. The van der Waals surface area contributed by atoms with E-state index in [0.29, 0.717) is 5.13 Å². The Labute approximate surface area is 125 Å². The van der Waals surface area contributed by atoms with Gasteiger partial charge in [-0.3, -0.25) is 0 Å². The van der Waals surface area contributed by atoms with Crippen LogP contribution in [-0.2, 0) is 0 Å². The van der Waals surface area contributed by atoms with Gasteiger partial charge in [0.2, 0.25) is 10.3 Å². The fourth-order valence-corrected chi connectivity index (χ4v) is 3.42. The Morgan fingerprint density at radius 3 is 3.00 bits per heavy atom. The highest BCUT2D eigenvalue weighted by Crippen LogP contribution is 2.32. The third-order valence-electron chi connectivity index (χ3n) is 3.78. The molecule has 1 atom stereocenters. The van der Waals surface area contributed by atoms with Gasteiger partial charge >= 0.3 is 0 Å². The first kappa shape index (κ1) is 12.6. The Kier molecular flexibility index (Phi) is 2.99. The van der Waals surface area contributed by atoms with Crippen LogP contribution in [0.15, 0.2) is 28.7 Å². The zero-order valence-electron chi connectivity index (χ0n) is 11.4. The van der Waals surface area contributed by atoms with Crippen molar-refractivity contribution < 1.29 is 4.42 Å². The van der Waals surface area contributed by atoms with Gasteiger partial charge in [-0.15, -0.1) is 10.2 Å². The SMILES string of the molecule is Nc1nnc(N2CCCC(c3nc4ccccc4o3)C2)s1. The number of nitrogen functional groups attached to an aromatic ring is 1.